The Hall–Kier alpha value is -5.41. The van der Waals surface area contributed by atoms with Crippen LogP contribution >= 0.6 is 0 Å². The average Bonchev–Trinajstić information content (AvgIpc) is 3.15. The molecular formula is C33H28F3N5O4. The molecule has 2 atom stereocenters. The summed E-state index contributed by atoms with van der Waals surface area (Å²) in [5, 5.41) is 16.5. The highest BCUT2D eigenvalue weighted by molar-refractivity contribution is 6.13. The lowest BCUT2D eigenvalue weighted by Gasteiger charge is -2.27. The Morgan fingerprint density at radius 3 is 2.47 bits per heavy atom. The number of nitrogens with one attached hydrogen (secondary N) is 2. The zero-order valence-corrected chi connectivity index (χ0v) is 24.3. The molecule has 12 heteroatoms. The second-order valence-electron chi connectivity index (χ2n) is 10.4. The fourth-order valence-electron chi connectivity index (χ4n) is 5.19. The number of amides is 3. The number of nitrogens with zero attached hydrogens (tertiary/aromatic N) is 3. The molecule has 0 unspecified atom stereocenters. The van der Waals surface area contributed by atoms with Gasteiger partial charge in [-0.05, 0) is 73.3 Å². The summed E-state index contributed by atoms with van der Waals surface area (Å²) < 4.78 is 45.6. The normalized spacial score (nSPS) is 15.3. The van der Waals surface area contributed by atoms with Crippen LogP contribution in [0, 0.1) is 17.1 Å². The van der Waals surface area contributed by atoms with E-state index in [9.17, 15) is 32.8 Å². The number of nitriles is 1. The Bertz CT molecular complexity index is 1810. The molecule has 0 aliphatic carbocycles. The Morgan fingerprint density at radius 1 is 1.04 bits per heavy atom. The van der Waals surface area contributed by atoms with Crippen molar-refractivity contribution in [3.63, 3.8) is 0 Å². The highest BCUT2D eigenvalue weighted by Crippen LogP contribution is 2.38. The van der Waals surface area contributed by atoms with Crippen molar-refractivity contribution in [1.82, 2.24) is 10.6 Å². The van der Waals surface area contributed by atoms with Gasteiger partial charge in [0.15, 0.2) is 0 Å². The predicted molar refractivity (Wildman–Crippen MR) is 161 cm³/mol. The average molecular weight is 616 g/mol. The van der Waals surface area contributed by atoms with E-state index >= 15 is 0 Å². The van der Waals surface area contributed by atoms with Gasteiger partial charge < -0.3 is 25.2 Å². The quantitative estimate of drug-likeness (QED) is 0.296. The maximum Gasteiger partial charge on any atom is 0.387 e. The van der Waals surface area contributed by atoms with Crippen LogP contribution in [-0.2, 0) is 16.1 Å². The van der Waals surface area contributed by atoms with Crippen LogP contribution in [0.25, 0.3) is 10.8 Å². The number of fused-ring (bicyclic) bond motifs is 2. The summed E-state index contributed by atoms with van der Waals surface area (Å²) >= 11 is 0. The first kappa shape index (κ1) is 31.0. The molecule has 3 amide bonds. The van der Waals surface area contributed by atoms with Crippen molar-refractivity contribution in [3.8, 4) is 11.8 Å². The number of hydrogen-bond donors (Lipinski definition) is 2. The molecule has 1 aliphatic heterocycles. The third-order valence-corrected chi connectivity index (χ3v) is 7.62. The van der Waals surface area contributed by atoms with E-state index in [2.05, 4.69) is 10.6 Å². The van der Waals surface area contributed by atoms with Crippen LogP contribution in [0.1, 0.15) is 28.4 Å². The molecule has 0 aromatic heterocycles. The van der Waals surface area contributed by atoms with Gasteiger partial charge in [0.1, 0.15) is 17.6 Å². The molecule has 230 valence electrons. The third-order valence-electron chi connectivity index (χ3n) is 7.62. The van der Waals surface area contributed by atoms with E-state index in [0.29, 0.717) is 10.8 Å². The maximum atomic E-state index is 14.4. The van der Waals surface area contributed by atoms with Crippen molar-refractivity contribution < 1.29 is 32.3 Å². The number of alkyl halides is 2. The minimum Gasteiger partial charge on any atom is -0.434 e. The Kier molecular flexibility index (Phi) is 9.01. The minimum atomic E-state index is -3.14. The van der Waals surface area contributed by atoms with Crippen molar-refractivity contribution in [2.45, 2.75) is 32.2 Å². The first-order chi connectivity index (χ1) is 21.6. The van der Waals surface area contributed by atoms with Gasteiger partial charge in [-0.3, -0.25) is 14.4 Å². The summed E-state index contributed by atoms with van der Waals surface area (Å²) in [4.78, 5) is 43.9. The standard InChI is InChI=1S/C33H28F3N5O4/c1-19(38-2)30(42)39-26-18-41(31(43)22-8-11-23(34)12-9-22)28-15-20(16-37)7-13-27(28)40(32(26)44)17-25-24-6-4-3-5-21(24)10-14-29(25)45-33(35)36/h3-15,19,26,33,38H,17-18H2,1-2H3,(H,39,42)/t19-,26-/m0/s1. The van der Waals surface area contributed by atoms with E-state index < -0.39 is 42.2 Å². The van der Waals surface area contributed by atoms with Crippen LogP contribution in [0.2, 0.25) is 0 Å². The van der Waals surface area contributed by atoms with Crippen LogP contribution in [0.5, 0.6) is 5.75 Å². The zero-order chi connectivity index (χ0) is 32.2. The van der Waals surface area contributed by atoms with Crippen molar-refractivity contribution in [2.75, 3.05) is 23.4 Å². The number of ether oxygens (including phenoxy) is 1. The monoisotopic (exact) mass is 615 g/mol. The largest absolute Gasteiger partial charge is 0.434 e. The van der Waals surface area contributed by atoms with E-state index in [1.54, 1.807) is 44.3 Å². The van der Waals surface area contributed by atoms with Gasteiger partial charge in [-0.2, -0.15) is 14.0 Å². The van der Waals surface area contributed by atoms with E-state index in [-0.39, 0.29) is 46.9 Å². The second kappa shape index (κ2) is 13.1. The van der Waals surface area contributed by atoms with Crippen LogP contribution in [0.3, 0.4) is 0 Å². The zero-order valence-electron chi connectivity index (χ0n) is 24.3. The van der Waals surface area contributed by atoms with E-state index in [0.717, 1.165) is 12.1 Å². The molecule has 4 aromatic carbocycles. The van der Waals surface area contributed by atoms with Crippen LogP contribution in [0.4, 0.5) is 24.5 Å². The number of halogens is 3. The molecule has 1 heterocycles. The van der Waals surface area contributed by atoms with E-state index in [4.69, 9.17) is 4.74 Å². The van der Waals surface area contributed by atoms with Crippen molar-refractivity contribution in [1.29, 1.82) is 5.26 Å². The number of carbonyl (C=O) groups is 3. The lowest BCUT2D eigenvalue weighted by Crippen LogP contribution is -2.55. The van der Waals surface area contributed by atoms with Crippen LogP contribution in [0.15, 0.2) is 78.9 Å². The molecule has 1 aliphatic rings. The maximum absolute atomic E-state index is 14.4. The lowest BCUT2D eigenvalue weighted by atomic mass is 10.0. The highest BCUT2D eigenvalue weighted by Gasteiger charge is 2.38. The molecule has 5 rings (SSSR count). The van der Waals surface area contributed by atoms with Gasteiger partial charge in [-0.15, -0.1) is 0 Å². The summed E-state index contributed by atoms with van der Waals surface area (Å²) in [6, 6.07) is 19.2. The molecule has 0 saturated carbocycles. The van der Waals surface area contributed by atoms with Gasteiger partial charge >= 0.3 is 6.61 Å². The smallest absolute Gasteiger partial charge is 0.387 e. The summed E-state index contributed by atoms with van der Waals surface area (Å²) in [6.45, 7) is -2.18. The number of carbonyl (C=O) groups excluding carboxylic acids is 3. The molecular weight excluding hydrogens is 587 g/mol. The Morgan fingerprint density at radius 2 is 1.78 bits per heavy atom. The molecule has 0 fully saturated rings. The van der Waals surface area contributed by atoms with Gasteiger partial charge in [-0.1, -0.05) is 30.3 Å². The Labute approximate surface area is 256 Å². The topological polar surface area (TPSA) is 115 Å². The molecule has 4 aromatic rings. The summed E-state index contributed by atoms with van der Waals surface area (Å²) in [5.41, 5.74) is 0.886. The number of rotatable bonds is 8. The van der Waals surface area contributed by atoms with Gasteiger partial charge in [0.2, 0.25) is 5.91 Å². The van der Waals surface area contributed by atoms with Gasteiger partial charge in [0.25, 0.3) is 11.8 Å². The minimum absolute atomic E-state index is 0.0981. The molecule has 2 N–H and O–H groups in total. The first-order valence-electron chi connectivity index (χ1n) is 14.0. The number of likely N-dealkylation sites (N-methyl/N-ethyl adjacent to an activating group) is 1. The third kappa shape index (κ3) is 6.44. The fourth-order valence-corrected chi connectivity index (χ4v) is 5.19. The summed E-state index contributed by atoms with van der Waals surface area (Å²) in [7, 11) is 1.57. The molecule has 0 spiro atoms. The number of anilines is 2. The number of benzene rings is 4. The van der Waals surface area contributed by atoms with Gasteiger partial charge in [0, 0.05) is 11.1 Å². The number of hydrogen-bond acceptors (Lipinski definition) is 6. The van der Waals surface area contributed by atoms with Crippen molar-refractivity contribution >= 4 is 39.9 Å². The summed E-state index contributed by atoms with van der Waals surface area (Å²) in [6.07, 6.45) is 0. The van der Waals surface area contributed by atoms with Crippen LogP contribution < -0.4 is 25.2 Å². The molecule has 9 nitrogen and oxygen atoms in total. The lowest BCUT2D eigenvalue weighted by molar-refractivity contribution is -0.128. The predicted octanol–water partition coefficient (Wildman–Crippen LogP) is 4.74. The first-order valence-corrected chi connectivity index (χ1v) is 14.0. The van der Waals surface area contributed by atoms with Crippen LogP contribution in [-0.4, -0.2) is 50.0 Å². The van der Waals surface area contributed by atoms with Gasteiger partial charge in [-0.25, -0.2) is 4.39 Å². The van der Waals surface area contributed by atoms with E-state index in [1.165, 1.54) is 46.2 Å². The molecule has 45 heavy (non-hydrogen) atoms. The molecule has 0 saturated heterocycles. The summed E-state index contributed by atoms with van der Waals surface area (Å²) in [5.74, 6) is -2.49. The molecule has 0 bridgehead atoms. The van der Waals surface area contributed by atoms with Crippen molar-refractivity contribution in [3.05, 3.63) is 101 Å². The SMILES string of the molecule is CN[C@@H](C)C(=O)N[C@H]1CN(C(=O)c2ccc(F)cc2)c2cc(C#N)ccc2N(Cc2c(OC(F)F)ccc3ccccc23)C1=O. The van der Waals surface area contributed by atoms with E-state index in [1.807, 2.05) is 6.07 Å². The highest BCUT2D eigenvalue weighted by atomic mass is 19.3. The Balaban J connectivity index is 1.70. The second-order valence-corrected chi connectivity index (χ2v) is 10.4. The molecule has 0 radical (unpaired) electrons. The van der Waals surface area contributed by atoms with Crippen molar-refractivity contribution in [2.24, 2.45) is 0 Å². The van der Waals surface area contributed by atoms with Gasteiger partial charge in [0.05, 0.1) is 42.1 Å². The fraction of sp³-hybridized carbons (Fsp3) is 0.212.